The minimum absolute atomic E-state index is 0.0161. The van der Waals surface area contributed by atoms with Gasteiger partial charge < -0.3 is 4.74 Å². The van der Waals surface area contributed by atoms with Crippen LogP contribution in [0.2, 0.25) is 0 Å². The second-order valence-corrected chi connectivity index (χ2v) is 5.09. The highest BCUT2D eigenvalue weighted by Crippen LogP contribution is 2.26. The van der Waals surface area contributed by atoms with Crippen LogP contribution in [0.3, 0.4) is 0 Å². The van der Waals surface area contributed by atoms with Crippen molar-refractivity contribution < 1.29 is 9.53 Å². The number of hydrogen-bond donors (Lipinski definition) is 0. The molecule has 0 unspecified atom stereocenters. The number of fused-ring (bicyclic) bond motifs is 1. The van der Waals surface area contributed by atoms with Gasteiger partial charge in [0.25, 0.3) is 0 Å². The number of carbonyl (C=O) groups excluding carboxylic acids is 1. The molecule has 0 aliphatic carbocycles. The highest BCUT2D eigenvalue weighted by molar-refractivity contribution is 5.95. The van der Waals surface area contributed by atoms with Gasteiger partial charge in [0.05, 0.1) is 12.8 Å². The number of ether oxygens (including phenoxy) is 1. The molecule has 0 fully saturated rings. The monoisotopic (exact) mass is 295 g/mol. The third-order valence-corrected chi connectivity index (χ3v) is 3.66. The maximum atomic E-state index is 11.8. The molecule has 0 saturated heterocycles. The fourth-order valence-corrected chi connectivity index (χ4v) is 2.47. The summed E-state index contributed by atoms with van der Waals surface area (Å²) in [5.74, 6) is 0.860. The number of methoxy groups -OCH3 is 1. The van der Waals surface area contributed by atoms with E-state index in [0.29, 0.717) is 17.8 Å². The van der Waals surface area contributed by atoms with Crippen molar-refractivity contribution in [3.05, 3.63) is 47.8 Å². The topological polar surface area (TPSA) is 56.5 Å². The Morgan fingerprint density at radius 1 is 1.27 bits per heavy atom. The van der Waals surface area contributed by atoms with Gasteiger partial charge in [-0.15, -0.1) is 0 Å². The molecule has 0 aliphatic rings. The van der Waals surface area contributed by atoms with Gasteiger partial charge in [-0.3, -0.25) is 4.79 Å². The van der Waals surface area contributed by atoms with Gasteiger partial charge >= 0.3 is 0 Å². The molecule has 22 heavy (non-hydrogen) atoms. The lowest BCUT2D eigenvalue weighted by atomic mass is 10.1. The van der Waals surface area contributed by atoms with Gasteiger partial charge in [0.15, 0.2) is 11.4 Å². The normalized spacial score (nSPS) is 10.9. The van der Waals surface area contributed by atoms with Crippen molar-refractivity contribution in [3.63, 3.8) is 0 Å². The number of carbonyl (C=O) groups is 1. The first-order chi connectivity index (χ1) is 10.6. The maximum absolute atomic E-state index is 11.8. The smallest absolute Gasteiger partial charge is 0.182 e. The second kappa shape index (κ2) is 5.60. The summed E-state index contributed by atoms with van der Waals surface area (Å²) >= 11 is 0. The molecule has 0 atom stereocenters. The third kappa shape index (κ3) is 2.35. The summed E-state index contributed by atoms with van der Waals surface area (Å²) in [7, 11) is 1.66. The summed E-state index contributed by atoms with van der Waals surface area (Å²) in [5.41, 5.74) is 4.06. The van der Waals surface area contributed by atoms with Crippen molar-refractivity contribution in [2.24, 2.45) is 0 Å². The van der Waals surface area contributed by atoms with E-state index in [9.17, 15) is 4.79 Å². The summed E-state index contributed by atoms with van der Waals surface area (Å²) in [6.07, 6.45) is 2.16. The van der Waals surface area contributed by atoms with E-state index < -0.39 is 0 Å². The van der Waals surface area contributed by atoms with E-state index in [4.69, 9.17) is 4.74 Å². The molecule has 0 spiro atoms. The zero-order valence-electron chi connectivity index (χ0n) is 12.8. The molecular formula is C17H17N3O2. The van der Waals surface area contributed by atoms with E-state index in [-0.39, 0.29) is 5.78 Å². The minimum atomic E-state index is 0.0161. The molecule has 0 radical (unpaired) electrons. The zero-order chi connectivity index (χ0) is 15.7. The van der Waals surface area contributed by atoms with Crippen LogP contribution in [0, 0.1) is 6.92 Å². The SMILES string of the molecule is CCC(=O)c1cc2nccc(-c3ccc(OC)c(C)c3)n2n1. The number of benzene rings is 1. The van der Waals surface area contributed by atoms with Crippen LogP contribution >= 0.6 is 0 Å². The van der Waals surface area contributed by atoms with Crippen molar-refractivity contribution >= 4 is 11.4 Å². The molecule has 5 heteroatoms. The van der Waals surface area contributed by atoms with Gasteiger partial charge in [0.1, 0.15) is 11.4 Å². The second-order valence-electron chi connectivity index (χ2n) is 5.09. The van der Waals surface area contributed by atoms with Crippen molar-refractivity contribution in [3.8, 4) is 17.0 Å². The molecular weight excluding hydrogens is 278 g/mol. The molecule has 0 bridgehead atoms. The van der Waals surface area contributed by atoms with Gasteiger partial charge in [-0.1, -0.05) is 6.92 Å². The Morgan fingerprint density at radius 3 is 2.77 bits per heavy atom. The van der Waals surface area contributed by atoms with E-state index in [1.807, 2.05) is 38.1 Å². The van der Waals surface area contributed by atoms with Crippen LogP contribution in [0.5, 0.6) is 5.75 Å². The maximum Gasteiger partial charge on any atom is 0.182 e. The lowest BCUT2D eigenvalue weighted by Gasteiger charge is -2.08. The molecule has 2 aromatic heterocycles. The summed E-state index contributed by atoms with van der Waals surface area (Å²) in [5, 5.41) is 4.41. The quantitative estimate of drug-likeness (QED) is 0.693. The Morgan fingerprint density at radius 2 is 2.09 bits per heavy atom. The molecule has 0 amide bonds. The van der Waals surface area contributed by atoms with Crippen LogP contribution in [0.15, 0.2) is 36.5 Å². The van der Waals surface area contributed by atoms with Crippen molar-refractivity contribution in [1.82, 2.24) is 14.6 Å². The molecule has 3 aromatic rings. The van der Waals surface area contributed by atoms with E-state index in [1.165, 1.54) is 0 Å². The van der Waals surface area contributed by atoms with Crippen LogP contribution in [0.25, 0.3) is 16.9 Å². The fourth-order valence-electron chi connectivity index (χ4n) is 2.47. The Labute approximate surface area is 128 Å². The van der Waals surface area contributed by atoms with Crippen LogP contribution in [-0.2, 0) is 0 Å². The molecule has 0 N–H and O–H groups in total. The average molecular weight is 295 g/mol. The van der Waals surface area contributed by atoms with Crippen molar-refractivity contribution in [2.45, 2.75) is 20.3 Å². The average Bonchev–Trinajstić information content (AvgIpc) is 2.98. The van der Waals surface area contributed by atoms with Crippen LogP contribution < -0.4 is 4.74 Å². The van der Waals surface area contributed by atoms with E-state index in [1.54, 1.807) is 23.9 Å². The summed E-state index contributed by atoms with van der Waals surface area (Å²) in [6.45, 7) is 3.82. The first-order valence-electron chi connectivity index (χ1n) is 7.17. The molecule has 0 aliphatic heterocycles. The fraction of sp³-hybridized carbons (Fsp3) is 0.235. The number of aryl methyl sites for hydroxylation is 1. The number of nitrogens with zero attached hydrogens (tertiary/aromatic N) is 3. The number of hydrogen-bond acceptors (Lipinski definition) is 4. The summed E-state index contributed by atoms with van der Waals surface area (Å²) in [4.78, 5) is 16.1. The first kappa shape index (κ1) is 14.3. The summed E-state index contributed by atoms with van der Waals surface area (Å²) in [6, 6.07) is 9.56. The predicted molar refractivity (Wildman–Crippen MR) is 84.3 cm³/mol. The van der Waals surface area contributed by atoms with Crippen LogP contribution in [0.1, 0.15) is 29.4 Å². The largest absolute Gasteiger partial charge is 0.496 e. The van der Waals surface area contributed by atoms with Crippen LogP contribution in [0.4, 0.5) is 0 Å². The Bertz CT molecular complexity index is 852. The first-order valence-corrected chi connectivity index (χ1v) is 7.17. The lowest BCUT2D eigenvalue weighted by molar-refractivity contribution is 0.0983. The molecule has 3 rings (SSSR count). The van der Waals surface area contributed by atoms with Gasteiger partial charge in [0, 0.05) is 24.2 Å². The standard InChI is InChI=1S/C17H17N3O2/c1-4-15(21)13-10-17-18-8-7-14(20(17)19-13)12-5-6-16(22-3)11(2)9-12/h5-10H,4H2,1-3H3. The Hall–Kier alpha value is -2.69. The Balaban J connectivity index is 2.16. The zero-order valence-corrected chi connectivity index (χ0v) is 12.8. The molecule has 0 saturated carbocycles. The van der Waals surface area contributed by atoms with Crippen molar-refractivity contribution in [2.75, 3.05) is 7.11 Å². The lowest BCUT2D eigenvalue weighted by Crippen LogP contribution is -2.00. The minimum Gasteiger partial charge on any atom is -0.496 e. The number of ketones is 1. The van der Waals surface area contributed by atoms with E-state index >= 15 is 0 Å². The highest BCUT2D eigenvalue weighted by Gasteiger charge is 2.13. The predicted octanol–water partition coefficient (Wildman–Crippen LogP) is 3.31. The number of rotatable bonds is 4. The third-order valence-electron chi connectivity index (χ3n) is 3.66. The van der Waals surface area contributed by atoms with E-state index in [2.05, 4.69) is 10.1 Å². The highest BCUT2D eigenvalue weighted by atomic mass is 16.5. The van der Waals surface area contributed by atoms with Gasteiger partial charge in [-0.2, -0.15) is 5.10 Å². The molecule has 112 valence electrons. The Kier molecular flexibility index (Phi) is 3.63. The van der Waals surface area contributed by atoms with Crippen molar-refractivity contribution in [1.29, 1.82) is 0 Å². The van der Waals surface area contributed by atoms with Gasteiger partial charge in [0.2, 0.25) is 0 Å². The van der Waals surface area contributed by atoms with Gasteiger partial charge in [-0.05, 0) is 36.8 Å². The van der Waals surface area contributed by atoms with Crippen LogP contribution in [-0.4, -0.2) is 27.5 Å². The molecule has 2 heterocycles. The summed E-state index contributed by atoms with van der Waals surface area (Å²) < 4.78 is 7.01. The number of Topliss-reactive ketones (excluding diaryl/α,β-unsaturated/α-hetero) is 1. The number of aromatic nitrogens is 3. The van der Waals surface area contributed by atoms with E-state index in [0.717, 1.165) is 22.6 Å². The molecule has 1 aromatic carbocycles. The molecule has 5 nitrogen and oxygen atoms in total. The van der Waals surface area contributed by atoms with Gasteiger partial charge in [-0.25, -0.2) is 9.50 Å².